The summed E-state index contributed by atoms with van der Waals surface area (Å²) in [7, 11) is 0. The van der Waals surface area contributed by atoms with Crippen molar-refractivity contribution in [3.63, 3.8) is 0 Å². The molecule has 3 N–H and O–H groups in total. The summed E-state index contributed by atoms with van der Waals surface area (Å²) < 4.78 is 0. The lowest BCUT2D eigenvalue weighted by Gasteiger charge is -2.13. The number of hydrogen-bond donors (Lipinski definition) is 3. The summed E-state index contributed by atoms with van der Waals surface area (Å²) in [4.78, 5) is 15.1. The van der Waals surface area contributed by atoms with E-state index in [-0.39, 0.29) is 6.54 Å². The molecule has 2 rings (SSSR count). The molecule has 23 heavy (non-hydrogen) atoms. The van der Waals surface area contributed by atoms with E-state index in [2.05, 4.69) is 15.6 Å². The third-order valence-corrected chi connectivity index (χ3v) is 3.04. The van der Waals surface area contributed by atoms with Gasteiger partial charge in [-0.3, -0.25) is 4.79 Å². The number of carbonyl (C=O) groups is 1. The number of para-hydroxylation sites is 1. The van der Waals surface area contributed by atoms with Gasteiger partial charge in [0.05, 0.1) is 17.3 Å². The van der Waals surface area contributed by atoms with Gasteiger partial charge in [0.1, 0.15) is 6.54 Å². The predicted octanol–water partition coefficient (Wildman–Crippen LogP) is 2.64. The fraction of sp³-hybridized carbons (Fsp3) is 0.118. The fourth-order valence-electron chi connectivity index (χ4n) is 1.85. The van der Waals surface area contributed by atoms with E-state index in [0.717, 1.165) is 11.3 Å². The zero-order valence-corrected chi connectivity index (χ0v) is 12.6. The molecule has 6 nitrogen and oxygen atoms in total. The summed E-state index contributed by atoms with van der Waals surface area (Å²) in [6.45, 7) is 1.69. The average Bonchev–Trinajstić information content (AvgIpc) is 2.55. The predicted molar refractivity (Wildman–Crippen MR) is 88.7 cm³/mol. The zero-order valence-electron chi connectivity index (χ0n) is 12.6. The molecular weight excluding hydrogens is 292 g/mol. The Bertz CT molecular complexity index is 761. The highest BCUT2D eigenvalue weighted by molar-refractivity contribution is 5.97. The second kappa shape index (κ2) is 7.61. The molecule has 0 fully saturated rings. The van der Waals surface area contributed by atoms with Crippen molar-refractivity contribution in [1.29, 1.82) is 5.26 Å². The standard InChI is InChI=1S/C17H16N4O2/c1-12-4-2-3-5-15(12)21-17(19-11-16(22)23)20-14-8-6-13(10-18)7-9-14/h2-9H,11H2,1H3,(H,22,23)(H2,19,20,21). The third-order valence-electron chi connectivity index (χ3n) is 3.04. The van der Waals surface area contributed by atoms with Gasteiger partial charge in [0.15, 0.2) is 0 Å². The van der Waals surface area contributed by atoms with Crippen molar-refractivity contribution in [1.82, 2.24) is 5.32 Å². The van der Waals surface area contributed by atoms with Gasteiger partial charge in [0.25, 0.3) is 0 Å². The molecule has 0 heterocycles. The monoisotopic (exact) mass is 308 g/mol. The molecule has 6 heteroatoms. The number of aryl methyl sites for hydroxylation is 1. The van der Waals surface area contributed by atoms with Crippen LogP contribution >= 0.6 is 0 Å². The number of aliphatic carboxylic acids is 1. The average molecular weight is 308 g/mol. The van der Waals surface area contributed by atoms with Crippen LogP contribution in [0.1, 0.15) is 11.1 Å². The van der Waals surface area contributed by atoms with E-state index in [1.165, 1.54) is 0 Å². The highest BCUT2D eigenvalue weighted by atomic mass is 16.4. The van der Waals surface area contributed by atoms with Gasteiger partial charge in [0.2, 0.25) is 5.96 Å². The second-order valence-electron chi connectivity index (χ2n) is 4.81. The lowest BCUT2D eigenvalue weighted by atomic mass is 10.2. The maximum atomic E-state index is 10.8. The Kier molecular flexibility index (Phi) is 5.31. The number of nitrogens with one attached hydrogen (secondary N) is 2. The molecule has 116 valence electrons. The first-order chi connectivity index (χ1) is 11.1. The van der Waals surface area contributed by atoms with Crippen LogP contribution in [-0.2, 0) is 4.79 Å². The first-order valence-corrected chi connectivity index (χ1v) is 6.95. The summed E-state index contributed by atoms with van der Waals surface area (Å²) in [5.74, 6) is -0.657. The van der Waals surface area contributed by atoms with Crippen LogP contribution in [0.3, 0.4) is 0 Å². The van der Waals surface area contributed by atoms with Crippen molar-refractivity contribution >= 4 is 23.3 Å². The maximum Gasteiger partial charge on any atom is 0.322 e. The third kappa shape index (κ3) is 4.86. The van der Waals surface area contributed by atoms with Gasteiger partial charge < -0.3 is 15.7 Å². The number of hydrogen-bond acceptors (Lipinski definition) is 3. The largest absolute Gasteiger partial charge is 0.480 e. The number of aliphatic imine (C=N–C) groups is 1. The molecule has 0 spiro atoms. The summed E-state index contributed by atoms with van der Waals surface area (Å²) in [5, 5.41) is 23.5. The summed E-state index contributed by atoms with van der Waals surface area (Å²) >= 11 is 0. The van der Waals surface area contributed by atoms with Crippen LogP contribution in [0.15, 0.2) is 53.5 Å². The fourth-order valence-corrected chi connectivity index (χ4v) is 1.85. The molecule has 0 saturated carbocycles. The summed E-state index contributed by atoms with van der Waals surface area (Å²) in [6, 6.07) is 16.4. The maximum absolute atomic E-state index is 10.8. The van der Waals surface area contributed by atoms with Crippen LogP contribution < -0.4 is 10.6 Å². The molecule has 0 amide bonds. The molecule has 0 bridgehead atoms. The Balaban J connectivity index is 2.25. The van der Waals surface area contributed by atoms with Crippen molar-refractivity contribution in [2.24, 2.45) is 4.99 Å². The van der Waals surface area contributed by atoms with Gasteiger partial charge in [-0.1, -0.05) is 18.2 Å². The number of carboxylic acids is 1. The molecule has 0 aliphatic rings. The number of benzene rings is 2. The molecule has 0 aromatic heterocycles. The van der Waals surface area contributed by atoms with E-state index in [0.29, 0.717) is 17.2 Å². The van der Waals surface area contributed by atoms with Crippen LogP contribution in [0.4, 0.5) is 11.4 Å². The summed E-state index contributed by atoms with van der Waals surface area (Å²) in [5.41, 5.74) is 2.99. The van der Waals surface area contributed by atoms with E-state index in [1.807, 2.05) is 37.3 Å². The molecule has 2 aromatic rings. The normalized spacial score (nSPS) is 10.7. The second-order valence-corrected chi connectivity index (χ2v) is 4.81. The number of guanidine groups is 1. The van der Waals surface area contributed by atoms with Crippen LogP contribution in [0.25, 0.3) is 0 Å². The van der Waals surface area contributed by atoms with Crippen LogP contribution in [0.2, 0.25) is 0 Å². The minimum atomic E-state index is -0.982. The highest BCUT2D eigenvalue weighted by Gasteiger charge is 2.05. The van der Waals surface area contributed by atoms with E-state index in [1.54, 1.807) is 24.3 Å². The van der Waals surface area contributed by atoms with Crippen molar-refractivity contribution in [2.45, 2.75) is 6.92 Å². The van der Waals surface area contributed by atoms with Crippen molar-refractivity contribution < 1.29 is 9.90 Å². The number of nitriles is 1. The van der Waals surface area contributed by atoms with E-state index in [4.69, 9.17) is 10.4 Å². The number of nitrogens with zero attached hydrogens (tertiary/aromatic N) is 2. The van der Waals surface area contributed by atoms with Crippen LogP contribution in [-0.4, -0.2) is 23.6 Å². The smallest absolute Gasteiger partial charge is 0.322 e. The van der Waals surface area contributed by atoms with Crippen LogP contribution in [0.5, 0.6) is 0 Å². The Morgan fingerprint density at radius 1 is 1.22 bits per heavy atom. The minimum Gasteiger partial charge on any atom is -0.480 e. The molecule has 0 radical (unpaired) electrons. The summed E-state index contributed by atoms with van der Waals surface area (Å²) in [6.07, 6.45) is 0. The van der Waals surface area contributed by atoms with Crippen molar-refractivity contribution in [3.05, 3.63) is 59.7 Å². The minimum absolute atomic E-state index is 0.256. The molecule has 0 aliphatic carbocycles. The Morgan fingerprint density at radius 3 is 2.52 bits per heavy atom. The van der Waals surface area contributed by atoms with Crippen molar-refractivity contribution in [2.75, 3.05) is 11.9 Å². The number of anilines is 1. The van der Waals surface area contributed by atoms with E-state index >= 15 is 0 Å². The molecule has 0 unspecified atom stereocenters. The molecule has 0 atom stereocenters. The molecule has 0 saturated heterocycles. The van der Waals surface area contributed by atoms with Gasteiger partial charge in [0, 0.05) is 5.69 Å². The lowest BCUT2D eigenvalue weighted by molar-refractivity contribution is -0.135. The van der Waals surface area contributed by atoms with E-state index in [9.17, 15) is 4.79 Å². The van der Waals surface area contributed by atoms with Gasteiger partial charge in [-0.25, -0.2) is 4.99 Å². The molecular formula is C17H16N4O2. The highest BCUT2D eigenvalue weighted by Crippen LogP contribution is 2.16. The van der Waals surface area contributed by atoms with Crippen molar-refractivity contribution in [3.8, 4) is 6.07 Å². The Hall–Kier alpha value is -3.33. The number of rotatable bonds is 4. The SMILES string of the molecule is Cc1ccccc1NC(=Nc1ccc(C#N)cc1)NCC(=O)O. The van der Waals surface area contributed by atoms with Gasteiger partial charge >= 0.3 is 5.97 Å². The van der Waals surface area contributed by atoms with Gasteiger partial charge in [-0.15, -0.1) is 0 Å². The van der Waals surface area contributed by atoms with E-state index < -0.39 is 5.97 Å². The number of carboxylic acid groups (broad SMARTS) is 1. The first-order valence-electron chi connectivity index (χ1n) is 6.95. The van der Waals surface area contributed by atoms with Gasteiger partial charge in [-0.05, 0) is 42.8 Å². The Morgan fingerprint density at radius 2 is 1.91 bits per heavy atom. The first kappa shape index (κ1) is 16.0. The Labute approximate surface area is 134 Å². The van der Waals surface area contributed by atoms with Crippen LogP contribution in [0, 0.1) is 18.3 Å². The lowest BCUT2D eigenvalue weighted by Crippen LogP contribution is -2.34. The molecule has 0 aliphatic heterocycles. The molecule has 2 aromatic carbocycles. The topological polar surface area (TPSA) is 97.5 Å². The zero-order chi connectivity index (χ0) is 16.7. The van der Waals surface area contributed by atoms with Gasteiger partial charge in [-0.2, -0.15) is 5.26 Å². The quantitative estimate of drug-likeness (QED) is 0.596.